The van der Waals surface area contributed by atoms with Crippen molar-refractivity contribution in [3.05, 3.63) is 46.0 Å². The number of fused-ring (bicyclic) bond motifs is 3. The number of aromatic carboxylic acids is 1. The standard InChI is InChI=1S/C24H26N2O5S/c1-4-5-6-7-18(27)16-11-9-15(12-19(16)30-3)31-24-20-17(22(32-24)23(28)29)10-8-14-13-25-26(2)21(14)20/h9,11-13H,4-8,10H2,1-3H3,(H,28,29). The van der Waals surface area contributed by atoms with Crippen LogP contribution in [0.2, 0.25) is 0 Å². The van der Waals surface area contributed by atoms with E-state index in [1.54, 1.807) is 22.9 Å². The average Bonchev–Trinajstić information content (AvgIpc) is 3.34. The van der Waals surface area contributed by atoms with Crippen LogP contribution < -0.4 is 9.47 Å². The first-order valence-electron chi connectivity index (χ1n) is 10.7. The molecule has 168 valence electrons. The van der Waals surface area contributed by atoms with Gasteiger partial charge in [-0.2, -0.15) is 5.10 Å². The maximum absolute atomic E-state index is 12.6. The van der Waals surface area contributed by atoms with E-state index in [9.17, 15) is 14.7 Å². The van der Waals surface area contributed by atoms with Gasteiger partial charge in [0.1, 0.15) is 16.4 Å². The molecule has 0 unspecified atom stereocenters. The lowest BCUT2D eigenvalue weighted by atomic mass is 9.92. The number of aryl methyl sites for hydroxylation is 2. The zero-order valence-electron chi connectivity index (χ0n) is 18.4. The number of unbranched alkanes of at least 4 members (excludes halogenated alkanes) is 2. The number of carbonyl (C=O) groups excluding carboxylic acids is 1. The Labute approximate surface area is 190 Å². The molecule has 8 heteroatoms. The number of thiophene rings is 1. The number of Topliss-reactive ketones (excluding diaryl/α,β-unsaturated/α-hetero) is 1. The van der Waals surface area contributed by atoms with Crippen molar-refractivity contribution in [3.8, 4) is 27.8 Å². The molecule has 32 heavy (non-hydrogen) atoms. The van der Waals surface area contributed by atoms with Gasteiger partial charge in [-0.3, -0.25) is 9.48 Å². The normalized spacial score (nSPS) is 12.2. The van der Waals surface area contributed by atoms with Crippen LogP contribution in [0.15, 0.2) is 24.4 Å². The minimum Gasteiger partial charge on any atom is -0.496 e. The summed E-state index contributed by atoms with van der Waals surface area (Å²) in [5.74, 6) is 0.0247. The van der Waals surface area contributed by atoms with E-state index in [0.29, 0.717) is 35.0 Å². The van der Waals surface area contributed by atoms with Gasteiger partial charge in [0.2, 0.25) is 0 Å². The number of carbonyl (C=O) groups is 2. The molecule has 1 aromatic carbocycles. The van der Waals surface area contributed by atoms with Crippen LogP contribution in [0.1, 0.15) is 63.8 Å². The minimum absolute atomic E-state index is 0.0445. The lowest BCUT2D eigenvalue weighted by Gasteiger charge is -2.16. The molecule has 4 rings (SSSR count). The Balaban J connectivity index is 1.69. The molecule has 0 spiro atoms. The fourth-order valence-electron chi connectivity index (χ4n) is 4.16. The van der Waals surface area contributed by atoms with Crippen molar-refractivity contribution < 1.29 is 24.2 Å². The number of nitrogens with zero attached hydrogens (tertiary/aromatic N) is 2. The number of ketones is 1. The molecule has 0 saturated heterocycles. The predicted molar refractivity (Wildman–Crippen MR) is 122 cm³/mol. The molecule has 0 aliphatic heterocycles. The number of methoxy groups -OCH3 is 1. The second-order valence-electron chi connectivity index (χ2n) is 7.86. The number of aromatic nitrogens is 2. The summed E-state index contributed by atoms with van der Waals surface area (Å²) in [6, 6.07) is 5.14. The highest BCUT2D eigenvalue weighted by Gasteiger charge is 2.31. The molecule has 1 aliphatic rings. The van der Waals surface area contributed by atoms with Crippen LogP contribution in [0.25, 0.3) is 11.3 Å². The summed E-state index contributed by atoms with van der Waals surface area (Å²) in [7, 11) is 3.37. The number of rotatable bonds is 9. The first-order chi connectivity index (χ1) is 15.4. The quantitative estimate of drug-likeness (QED) is 0.339. The maximum Gasteiger partial charge on any atom is 0.346 e. The largest absolute Gasteiger partial charge is 0.496 e. The van der Waals surface area contributed by atoms with Crippen molar-refractivity contribution in [1.82, 2.24) is 9.78 Å². The Morgan fingerprint density at radius 1 is 1.25 bits per heavy atom. The zero-order chi connectivity index (χ0) is 22.8. The molecular formula is C24H26N2O5S. The molecule has 0 radical (unpaired) electrons. The average molecular weight is 455 g/mol. The van der Waals surface area contributed by atoms with Crippen LogP contribution in [0.4, 0.5) is 0 Å². The topological polar surface area (TPSA) is 90.7 Å². The van der Waals surface area contributed by atoms with Gasteiger partial charge in [-0.25, -0.2) is 4.79 Å². The summed E-state index contributed by atoms with van der Waals surface area (Å²) in [5.41, 5.74) is 4.06. The van der Waals surface area contributed by atoms with Crippen LogP contribution in [0.3, 0.4) is 0 Å². The van der Waals surface area contributed by atoms with Crippen LogP contribution in [0.5, 0.6) is 16.6 Å². The Morgan fingerprint density at radius 2 is 2.06 bits per heavy atom. The Hall–Kier alpha value is -3.13. The first-order valence-corrected chi connectivity index (χ1v) is 11.6. The summed E-state index contributed by atoms with van der Waals surface area (Å²) in [6.45, 7) is 2.10. The fourth-order valence-corrected chi connectivity index (χ4v) is 5.22. The van der Waals surface area contributed by atoms with Crippen molar-refractivity contribution in [2.75, 3.05) is 7.11 Å². The second kappa shape index (κ2) is 9.16. The van der Waals surface area contributed by atoms with Gasteiger partial charge in [0.05, 0.1) is 30.1 Å². The zero-order valence-corrected chi connectivity index (χ0v) is 19.3. The van der Waals surface area contributed by atoms with Crippen LogP contribution in [-0.4, -0.2) is 33.7 Å². The molecule has 2 aromatic heterocycles. The number of benzene rings is 1. The highest BCUT2D eigenvalue weighted by Crippen LogP contribution is 2.48. The summed E-state index contributed by atoms with van der Waals surface area (Å²) >= 11 is 1.12. The molecule has 0 amide bonds. The fraction of sp³-hybridized carbons (Fsp3) is 0.375. The van der Waals surface area contributed by atoms with Gasteiger partial charge in [-0.1, -0.05) is 31.1 Å². The Bertz CT molecular complexity index is 1180. The number of hydrogen-bond donors (Lipinski definition) is 1. The smallest absolute Gasteiger partial charge is 0.346 e. The maximum atomic E-state index is 12.6. The van der Waals surface area contributed by atoms with E-state index in [4.69, 9.17) is 9.47 Å². The van der Waals surface area contributed by atoms with Gasteiger partial charge in [0, 0.05) is 19.5 Å². The lowest BCUT2D eigenvalue weighted by Crippen LogP contribution is -2.08. The molecule has 3 aromatic rings. The van der Waals surface area contributed by atoms with Crippen molar-refractivity contribution in [2.24, 2.45) is 7.05 Å². The van der Waals surface area contributed by atoms with Gasteiger partial charge in [0.25, 0.3) is 0 Å². The van der Waals surface area contributed by atoms with E-state index in [1.165, 1.54) is 7.11 Å². The van der Waals surface area contributed by atoms with Gasteiger partial charge < -0.3 is 14.6 Å². The summed E-state index contributed by atoms with van der Waals surface area (Å²) in [5, 5.41) is 14.6. The number of hydrogen-bond acceptors (Lipinski definition) is 6. The second-order valence-corrected chi connectivity index (χ2v) is 8.85. The van der Waals surface area contributed by atoms with E-state index >= 15 is 0 Å². The van der Waals surface area contributed by atoms with Crippen molar-refractivity contribution in [2.45, 2.75) is 45.4 Å². The molecule has 0 saturated carbocycles. The predicted octanol–water partition coefficient (Wildman–Crippen LogP) is 5.51. The minimum atomic E-state index is -0.961. The molecule has 7 nitrogen and oxygen atoms in total. The molecule has 2 heterocycles. The van der Waals surface area contributed by atoms with E-state index in [2.05, 4.69) is 12.0 Å². The third kappa shape index (κ3) is 4.02. The molecule has 0 bridgehead atoms. The molecule has 1 aliphatic carbocycles. The van der Waals surface area contributed by atoms with E-state index < -0.39 is 5.97 Å². The van der Waals surface area contributed by atoms with Gasteiger partial charge in [0.15, 0.2) is 10.8 Å². The molecule has 1 N–H and O–H groups in total. The van der Waals surface area contributed by atoms with Gasteiger partial charge in [-0.15, -0.1) is 0 Å². The van der Waals surface area contributed by atoms with Crippen LogP contribution in [0, 0.1) is 0 Å². The van der Waals surface area contributed by atoms with Crippen molar-refractivity contribution in [1.29, 1.82) is 0 Å². The monoisotopic (exact) mass is 454 g/mol. The van der Waals surface area contributed by atoms with Crippen molar-refractivity contribution >= 4 is 23.1 Å². The first kappa shape index (κ1) is 22.1. The van der Waals surface area contributed by atoms with E-state index in [-0.39, 0.29) is 10.7 Å². The van der Waals surface area contributed by atoms with Crippen molar-refractivity contribution in [3.63, 3.8) is 0 Å². The SMILES string of the molecule is CCCCCC(=O)c1ccc(Oc2sc(C(=O)O)c3c2-c2c(cnn2C)CC3)cc1OC. The third-order valence-corrected chi connectivity index (χ3v) is 6.85. The summed E-state index contributed by atoms with van der Waals surface area (Å²) in [6.07, 6.45) is 6.60. The van der Waals surface area contributed by atoms with Crippen LogP contribution >= 0.6 is 11.3 Å². The molecule has 0 atom stereocenters. The van der Waals surface area contributed by atoms with E-state index in [0.717, 1.165) is 59.4 Å². The van der Waals surface area contributed by atoms with Crippen LogP contribution in [-0.2, 0) is 19.9 Å². The molecule has 0 fully saturated rings. The van der Waals surface area contributed by atoms with Gasteiger partial charge in [-0.05, 0) is 42.5 Å². The molecular weight excluding hydrogens is 428 g/mol. The van der Waals surface area contributed by atoms with Gasteiger partial charge >= 0.3 is 5.97 Å². The van der Waals surface area contributed by atoms with E-state index in [1.807, 2.05) is 13.2 Å². The number of carboxylic acid groups (broad SMARTS) is 1. The summed E-state index contributed by atoms with van der Waals surface area (Å²) in [4.78, 5) is 24.8. The third-order valence-electron chi connectivity index (χ3n) is 5.76. The number of ether oxygens (including phenoxy) is 2. The Morgan fingerprint density at radius 3 is 2.78 bits per heavy atom. The number of carboxylic acids is 1. The Kier molecular flexibility index (Phi) is 6.32. The summed E-state index contributed by atoms with van der Waals surface area (Å²) < 4.78 is 13.4. The highest BCUT2D eigenvalue weighted by atomic mass is 32.1. The lowest BCUT2D eigenvalue weighted by molar-refractivity contribution is 0.0700. The highest BCUT2D eigenvalue weighted by molar-refractivity contribution is 7.16.